The van der Waals surface area contributed by atoms with Crippen LogP contribution < -0.4 is 5.32 Å². The molecule has 1 aliphatic carbocycles. The third-order valence-electron chi connectivity index (χ3n) is 4.47. The summed E-state index contributed by atoms with van der Waals surface area (Å²) in [5.41, 5.74) is 0.698. The maximum atomic E-state index is 11.6. The number of carbonyl (C=O) groups is 1. The van der Waals surface area contributed by atoms with Gasteiger partial charge in [-0.05, 0) is 29.2 Å². The zero-order valence-electron chi connectivity index (χ0n) is 15.1. The number of anilines is 1. The Kier molecular flexibility index (Phi) is 6.49. The van der Waals surface area contributed by atoms with Gasteiger partial charge >= 0.3 is 11.7 Å². The quantitative estimate of drug-likeness (QED) is 0.307. The van der Waals surface area contributed by atoms with Gasteiger partial charge in [-0.2, -0.15) is 0 Å². The molecule has 10 heteroatoms. The van der Waals surface area contributed by atoms with E-state index >= 15 is 0 Å². The first-order chi connectivity index (χ1) is 13.1. The molecule has 0 bridgehead atoms. The van der Waals surface area contributed by atoms with Crippen LogP contribution in [0.2, 0.25) is 0 Å². The molecule has 0 aliphatic heterocycles. The van der Waals surface area contributed by atoms with Crippen LogP contribution in [0.25, 0.3) is 11.0 Å². The lowest BCUT2D eigenvalue weighted by molar-refractivity contribution is -0.382. The molecule has 0 atom stereocenters. The molecule has 3 rings (SSSR count). The first kappa shape index (κ1) is 19.4. The lowest BCUT2D eigenvalue weighted by Gasteiger charge is -2.21. The number of hydrogen-bond donors (Lipinski definition) is 1. The number of fused-ring (bicyclic) bond motifs is 1. The number of ether oxygens (including phenoxy) is 1. The van der Waals surface area contributed by atoms with Crippen molar-refractivity contribution in [3.63, 3.8) is 0 Å². The minimum Gasteiger partial charge on any atom is -0.464 e. The van der Waals surface area contributed by atoms with Crippen LogP contribution in [0.15, 0.2) is 15.6 Å². The predicted molar refractivity (Wildman–Crippen MR) is 101 cm³/mol. The normalized spacial score (nSPS) is 15.0. The number of esters is 1. The van der Waals surface area contributed by atoms with Crippen LogP contribution in [0.1, 0.15) is 45.4 Å². The Morgan fingerprint density at radius 2 is 2.11 bits per heavy atom. The highest BCUT2D eigenvalue weighted by Gasteiger charge is 2.27. The first-order valence-corrected chi connectivity index (χ1v) is 9.98. The van der Waals surface area contributed by atoms with E-state index in [2.05, 4.69) is 15.6 Å². The predicted octanol–water partition coefficient (Wildman–Crippen LogP) is 3.92. The Bertz CT molecular complexity index is 819. The highest BCUT2D eigenvalue weighted by molar-refractivity contribution is 8.00. The molecule has 1 aromatic heterocycles. The summed E-state index contributed by atoms with van der Waals surface area (Å²) in [7, 11) is 0. The van der Waals surface area contributed by atoms with Gasteiger partial charge in [-0.3, -0.25) is 14.9 Å². The molecule has 0 saturated heterocycles. The number of thioether (sulfide) groups is 1. The second-order valence-electron chi connectivity index (χ2n) is 6.37. The molecule has 1 N–H and O–H groups in total. The molecule has 0 spiro atoms. The SMILES string of the molecule is CCC(=O)OCCNc1cc(SC2CCCCC2)c2nonc2c1[N+](=O)[O-]. The van der Waals surface area contributed by atoms with Gasteiger partial charge in [0, 0.05) is 23.1 Å². The third-order valence-corrected chi connectivity index (χ3v) is 5.84. The van der Waals surface area contributed by atoms with E-state index in [0.29, 0.717) is 22.9 Å². The largest absolute Gasteiger partial charge is 0.464 e. The zero-order chi connectivity index (χ0) is 19.2. The number of carbonyl (C=O) groups excluding carboxylic acids is 1. The highest BCUT2D eigenvalue weighted by atomic mass is 32.2. The second-order valence-corrected chi connectivity index (χ2v) is 7.71. The number of hydrogen-bond acceptors (Lipinski definition) is 9. The lowest BCUT2D eigenvalue weighted by atomic mass is 10.0. The fourth-order valence-corrected chi connectivity index (χ4v) is 4.49. The van der Waals surface area contributed by atoms with E-state index in [4.69, 9.17) is 9.37 Å². The fraction of sp³-hybridized carbons (Fsp3) is 0.588. The molecular formula is C17H22N4O5S. The molecule has 27 heavy (non-hydrogen) atoms. The van der Waals surface area contributed by atoms with E-state index < -0.39 is 4.92 Å². The lowest BCUT2D eigenvalue weighted by Crippen LogP contribution is -2.14. The summed E-state index contributed by atoms with van der Waals surface area (Å²) in [6.45, 7) is 2.10. The summed E-state index contributed by atoms with van der Waals surface area (Å²) in [6, 6.07) is 1.73. The van der Waals surface area contributed by atoms with Gasteiger partial charge in [0.2, 0.25) is 5.52 Å². The van der Waals surface area contributed by atoms with E-state index in [1.807, 2.05) is 0 Å². The summed E-state index contributed by atoms with van der Waals surface area (Å²) >= 11 is 1.67. The number of benzene rings is 1. The van der Waals surface area contributed by atoms with Crippen LogP contribution >= 0.6 is 11.8 Å². The van der Waals surface area contributed by atoms with Crippen molar-refractivity contribution in [2.24, 2.45) is 0 Å². The highest BCUT2D eigenvalue weighted by Crippen LogP contribution is 2.42. The zero-order valence-corrected chi connectivity index (χ0v) is 15.9. The number of nitrogens with one attached hydrogen (secondary N) is 1. The number of nitrogens with zero attached hydrogens (tertiary/aromatic N) is 3. The van der Waals surface area contributed by atoms with Crippen molar-refractivity contribution >= 4 is 40.1 Å². The maximum absolute atomic E-state index is 11.6. The third kappa shape index (κ3) is 4.68. The number of rotatable bonds is 8. The average molecular weight is 394 g/mol. The molecule has 1 fully saturated rings. The molecule has 1 aliphatic rings. The van der Waals surface area contributed by atoms with E-state index in [1.54, 1.807) is 24.8 Å². The fourth-order valence-electron chi connectivity index (χ4n) is 3.13. The molecule has 1 aromatic carbocycles. The van der Waals surface area contributed by atoms with E-state index in [9.17, 15) is 14.9 Å². The van der Waals surface area contributed by atoms with Gasteiger partial charge in [0.25, 0.3) is 0 Å². The van der Waals surface area contributed by atoms with E-state index in [1.165, 1.54) is 19.3 Å². The van der Waals surface area contributed by atoms with Gasteiger partial charge in [-0.1, -0.05) is 26.2 Å². The van der Waals surface area contributed by atoms with Crippen molar-refractivity contribution in [3.8, 4) is 0 Å². The van der Waals surface area contributed by atoms with Crippen molar-refractivity contribution in [3.05, 3.63) is 16.2 Å². The minimum absolute atomic E-state index is 0.129. The van der Waals surface area contributed by atoms with Gasteiger partial charge in [-0.15, -0.1) is 11.8 Å². The molecule has 2 aromatic rings. The standard InChI is InChI=1S/C17H22N4O5S/c1-2-14(22)25-9-8-18-12-10-13(27-11-6-4-3-5-7-11)15-16(20-26-19-15)17(12)21(23)24/h10-11,18H,2-9H2,1H3. The molecule has 0 unspecified atom stereocenters. The molecule has 0 amide bonds. The summed E-state index contributed by atoms with van der Waals surface area (Å²) in [5, 5.41) is 22.7. The summed E-state index contributed by atoms with van der Waals surface area (Å²) in [4.78, 5) is 23.1. The Balaban J connectivity index is 1.84. The van der Waals surface area contributed by atoms with Gasteiger partial charge in [0.05, 0.1) is 4.92 Å². The average Bonchev–Trinajstić information content (AvgIpc) is 3.15. The van der Waals surface area contributed by atoms with Gasteiger partial charge in [0.15, 0.2) is 5.52 Å². The summed E-state index contributed by atoms with van der Waals surface area (Å²) < 4.78 is 9.81. The number of nitro groups is 1. The van der Waals surface area contributed by atoms with E-state index in [0.717, 1.165) is 17.7 Å². The topological polar surface area (TPSA) is 120 Å². The maximum Gasteiger partial charge on any atom is 0.323 e. The van der Waals surface area contributed by atoms with E-state index in [-0.39, 0.29) is 30.3 Å². The Labute approximate surface area is 160 Å². The first-order valence-electron chi connectivity index (χ1n) is 9.10. The summed E-state index contributed by atoms with van der Waals surface area (Å²) in [5.74, 6) is -0.309. The summed E-state index contributed by atoms with van der Waals surface area (Å²) in [6.07, 6.45) is 6.16. The van der Waals surface area contributed by atoms with Crippen molar-refractivity contribution in [2.75, 3.05) is 18.5 Å². The molecule has 146 valence electrons. The molecule has 9 nitrogen and oxygen atoms in total. The van der Waals surface area contributed by atoms with Crippen molar-refractivity contribution in [2.45, 2.75) is 55.6 Å². The van der Waals surface area contributed by atoms with Crippen LogP contribution in [0, 0.1) is 10.1 Å². The second kappa shape index (κ2) is 9.03. The van der Waals surface area contributed by atoms with Crippen molar-refractivity contribution in [1.29, 1.82) is 0 Å². The van der Waals surface area contributed by atoms with Gasteiger partial charge in [0.1, 0.15) is 12.3 Å². The molecule has 1 heterocycles. The molecule has 0 radical (unpaired) electrons. The Morgan fingerprint density at radius 3 is 2.81 bits per heavy atom. The minimum atomic E-state index is -0.498. The Hall–Kier alpha value is -2.36. The van der Waals surface area contributed by atoms with Crippen LogP contribution in [0.4, 0.5) is 11.4 Å². The van der Waals surface area contributed by atoms with Crippen LogP contribution in [0.3, 0.4) is 0 Å². The van der Waals surface area contributed by atoms with Crippen LogP contribution in [-0.2, 0) is 9.53 Å². The number of nitro benzene ring substituents is 1. The Morgan fingerprint density at radius 1 is 1.37 bits per heavy atom. The monoisotopic (exact) mass is 394 g/mol. The number of aromatic nitrogens is 2. The van der Waals surface area contributed by atoms with Gasteiger partial charge in [-0.25, -0.2) is 4.63 Å². The van der Waals surface area contributed by atoms with Crippen LogP contribution in [0.5, 0.6) is 0 Å². The van der Waals surface area contributed by atoms with Crippen LogP contribution in [-0.4, -0.2) is 39.6 Å². The van der Waals surface area contributed by atoms with Gasteiger partial charge < -0.3 is 10.1 Å². The van der Waals surface area contributed by atoms with Crippen molar-refractivity contribution in [1.82, 2.24) is 10.3 Å². The molecule has 1 saturated carbocycles. The smallest absolute Gasteiger partial charge is 0.323 e. The van der Waals surface area contributed by atoms with Crippen molar-refractivity contribution < 1.29 is 19.1 Å². The molecular weight excluding hydrogens is 372 g/mol.